The molecule has 0 unspecified atom stereocenters. The number of rotatable bonds is 6. The Hall–Kier alpha value is -1.16. The summed E-state index contributed by atoms with van der Waals surface area (Å²) in [7, 11) is 0. The Morgan fingerprint density at radius 1 is 1.32 bits per heavy atom. The van der Waals surface area contributed by atoms with Gasteiger partial charge in [-0.1, -0.05) is 19.1 Å². The van der Waals surface area contributed by atoms with Crippen LogP contribution in [-0.2, 0) is 4.79 Å². The van der Waals surface area contributed by atoms with Gasteiger partial charge in [-0.15, -0.1) is 11.8 Å². The van der Waals surface area contributed by atoms with Crippen molar-refractivity contribution in [3.8, 4) is 5.75 Å². The predicted octanol–water partition coefficient (Wildman–Crippen LogP) is 3.67. The molecular formula is C18H27NO2S. The van der Waals surface area contributed by atoms with Crippen LogP contribution in [0.5, 0.6) is 5.75 Å². The summed E-state index contributed by atoms with van der Waals surface area (Å²) in [5.41, 5.74) is 2.37. The van der Waals surface area contributed by atoms with Crippen LogP contribution in [-0.4, -0.2) is 42.0 Å². The molecule has 2 rings (SSSR count). The SMILES string of the molecule is Cc1ccc(C)c(OCCSCC(=O)N2CCC(C)CC2)c1. The monoisotopic (exact) mass is 321 g/mol. The summed E-state index contributed by atoms with van der Waals surface area (Å²) in [6, 6.07) is 6.24. The molecule has 1 saturated heterocycles. The quantitative estimate of drug-likeness (QED) is 0.749. The van der Waals surface area contributed by atoms with Crippen LogP contribution in [0, 0.1) is 19.8 Å². The largest absolute Gasteiger partial charge is 0.492 e. The van der Waals surface area contributed by atoms with Crippen LogP contribution in [0.1, 0.15) is 30.9 Å². The van der Waals surface area contributed by atoms with Crippen molar-refractivity contribution in [3.63, 3.8) is 0 Å². The summed E-state index contributed by atoms with van der Waals surface area (Å²) in [4.78, 5) is 14.1. The topological polar surface area (TPSA) is 29.5 Å². The lowest BCUT2D eigenvalue weighted by molar-refractivity contribution is -0.129. The van der Waals surface area contributed by atoms with Crippen LogP contribution in [0.15, 0.2) is 18.2 Å². The minimum absolute atomic E-state index is 0.281. The second-order valence-electron chi connectivity index (χ2n) is 6.23. The van der Waals surface area contributed by atoms with Crippen LogP contribution in [0.3, 0.4) is 0 Å². The van der Waals surface area contributed by atoms with Gasteiger partial charge in [0, 0.05) is 18.8 Å². The summed E-state index contributed by atoms with van der Waals surface area (Å²) in [6.07, 6.45) is 2.29. The van der Waals surface area contributed by atoms with Crippen LogP contribution in [0.2, 0.25) is 0 Å². The molecule has 0 radical (unpaired) electrons. The van der Waals surface area contributed by atoms with Crippen LogP contribution in [0.4, 0.5) is 0 Å². The Kier molecular flexibility index (Phi) is 6.62. The fourth-order valence-corrected chi connectivity index (χ4v) is 3.28. The van der Waals surface area contributed by atoms with Gasteiger partial charge in [0.05, 0.1) is 12.4 Å². The zero-order valence-electron chi connectivity index (χ0n) is 13.9. The van der Waals surface area contributed by atoms with Gasteiger partial charge >= 0.3 is 0 Å². The van der Waals surface area contributed by atoms with Gasteiger partial charge in [-0.3, -0.25) is 4.79 Å². The minimum atomic E-state index is 0.281. The van der Waals surface area contributed by atoms with E-state index in [1.54, 1.807) is 11.8 Å². The minimum Gasteiger partial charge on any atom is -0.492 e. The average Bonchev–Trinajstić information content (AvgIpc) is 2.50. The molecule has 22 heavy (non-hydrogen) atoms. The lowest BCUT2D eigenvalue weighted by Gasteiger charge is -2.30. The first-order valence-electron chi connectivity index (χ1n) is 8.12. The molecule has 1 aliphatic rings. The molecule has 122 valence electrons. The summed E-state index contributed by atoms with van der Waals surface area (Å²) < 4.78 is 5.81. The molecule has 0 aliphatic carbocycles. The maximum absolute atomic E-state index is 12.1. The molecule has 0 spiro atoms. The fourth-order valence-electron chi connectivity index (χ4n) is 2.58. The average molecular weight is 321 g/mol. The van der Waals surface area contributed by atoms with Gasteiger partial charge in [0.1, 0.15) is 5.75 Å². The van der Waals surface area contributed by atoms with Crippen molar-refractivity contribution >= 4 is 17.7 Å². The molecule has 0 N–H and O–H groups in total. The number of carbonyl (C=O) groups is 1. The normalized spacial score (nSPS) is 15.9. The smallest absolute Gasteiger partial charge is 0.232 e. The molecule has 0 aromatic heterocycles. The number of aryl methyl sites for hydroxylation is 2. The van der Waals surface area contributed by atoms with Crippen molar-refractivity contribution in [1.82, 2.24) is 4.90 Å². The van der Waals surface area contributed by atoms with Crippen LogP contribution >= 0.6 is 11.8 Å². The van der Waals surface area contributed by atoms with Crippen LogP contribution < -0.4 is 4.74 Å². The third-order valence-corrected chi connectivity index (χ3v) is 5.10. The molecule has 1 fully saturated rings. The number of piperidine rings is 1. The molecular weight excluding hydrogens is 294 g/mol. The number of hydrogen-bond acceptors (Lipinski definition) is 3. The fraction of sp³-hybridized carbons (Fsp3) is 0.611. The number of nitrogens with zero attached hydrogens (tertiary/aromatic N) is 1. The zero-order chi connectivity index (χ0) is 15.9. The molecule has 1 aromatic carbocycles. The number of thioether (sulfide) groups is 1. The maximum atomic E-state index is 12.1. The van der Waals surface area contributed by atoms with Gasteiger partial charge in [0.25, 0.3) is 0 Å². The van der Waals surface area contributed by atoms with Crippen LogP contribution in [0.25, 0.3) is 0 Å². The number of likely N-dealkylation sites (tertiary alicyclic amines) is 1. The van der Waals surface area contributed by atoms with Gasteiger partial charge < -0.3 is 9.64 Å². The maximum Gasteiger partial charge on any atom is 0.232 e. The molecule has 1 aliphatic heterocycles. The number of ether oxygens (including phenoxy) is 1. The molecule has 1 amide bonds. The highest BCUT2D eigenvalue weighted by Gasteiger charge is 2.19. The van der Waals surface area contributed by atoms with E-state index in [0.29, 0.717) is 12.4 Å². The third kappa shape index (κ3) is 5.24. The number of hydrogen-bond donors (Lipinski definition) is 0. The molecule has 0 atom stereocenters. The van der Waals surface area contributed by atoms with E-state index >= 15 is 0 Å². The van der Waals surface area contributed by atoms with E-state index in [1.165, 1.54) is 5.56 Å². The Labute approximate surface area is 138 Å². The highest BCUT2D eigenvalue weighted by molar-refractivity contribution is 7.99. The highest BCUT2D eigenvalue weighted by atomic mass is 32.2. The van der Waals surface area contributed by atoms with E-state index in [9.17, 15) is 4.79 Å². The molecule has 0 bridgehead atoms. The van der Waals surface area contributed by atoms with E-state index in [4.69, 9.17) is 4.74 Å². The van der Waals surface area contributed by atoms with Crippen molar-refractivity contribution in [1.29, 1.82) is 0 Å². The first-order valence-corrected chi connectivity index (χ1v) is 9.27. The first kappa shape index (κ1) is 17.2. The molecule has 1 aromatic rings. The highest BCUT2D eigenvalue weighted by Crippen LogP contribution is 2.20. The van der Waals surface area contributed by atoms with Gasteiger partial charge in [0.2, 0.25) is 5.91 Å². The zero-order valence-corrected chi connectivity index (χ0v) is 14.7. The van der Waals surface area contributed by atoms with Crippen molar-refractivity contribution in [3.05, 3.63) is 29.3 Å². The lowest BCUT2D eigenvalue weighted by atomic mass is 9.99. The summed E-state index contributed by atoms with van der Waals surface area (Å²) in [6.45, 7) is 8.90. The number of amides is 1. The van der Waals surface area contributed by atoms with Crippen molar-refractivity contribution in [2.45, 2.75) is 33.6 Å². The van der Waals surface area contributed by atoms with Crippen molar-refractivity contribution in [2.24, 2.45) is 5.92 Å². The van der Waals surface area contributed by atoms with E-state index in [0.717, 1.165) is 48.9 Å². The van der Waals surface area contributed by atoms with Gasteiger partial charge in [-0.05, 0) is 49.8 Å². The van der Waals surface area contributed by atoms with E-state index in [-0.39, 0.29) is 5.91 Å². The second-order valence-corrected chi connectivity index (χ2v) is 7.34. The lowest BCUT2D eigenvalue weighted by Crippen LogP contribution is -2.39. The van der Waals surface area contributed by atoms with E-state index in [2.05, 4.69) is 39.0 Å². The molecule has 1 heterocycles. The van der Waals surface area contributed by atoms with Crippen molar-refractivity contribution in [2.75, 3.05) is 31.2 Å². The van der Waals surface area contributed by atoms with Gasteiger partial charge in [-0.25, -0.2) is 0 Å². The van der Waals surface area contributed by atoms with Crippen molar-refractivity contribution < 1.29 is 9.53 Å². The Morgan fingerprint density at radius 3 is 2.77 bits per heavy atom. The Morgan fingerprint density at radius 2 is 2.05 bits per heavy atom. The first-order chi connectivity index (χ1) is 10.6. The van der Waals surface area contributed by atoms with E-state index < -0.39 is 0 Å². The third-order valence-electron chi connectivity index (χ3n) is 4.19. The Balaban J connectivity index is 1.63. The molecule has 4 heteroatoms. The number of carbonyl (C=O) groups excluding carboxylic acids is 1. The number of benzene rings is 1. The molecule has 0 saturated carbocycles. The summed E-state index contributed by atoms with van der Waals surface area (Å²) in [5, 5.41) is 0. The molecule has 3 nitrogen and oxygen atoms in total. The van der Waals surface area contributed by atoms with Gasteiger partial charge in [-0.2, -0.15) is 0 Å². The predicted molar refractivity (Wildman–Crippen MR) is 93.7 cm³/mol. The van der Waals surface area contributed by atoms with Gasteiger partial charge in [0.15, 0.2) is 0 Å². The van der Waals surface area contributed by atoms with E-state index in [1.807, 2.05) is 4.90 Å². The Bertz CT molecular complexity index is 496. The summed E-state index contributed by atoms with van der Waals surface area (Å²) >= 11 is 1.67. The standard InChI is InChI=1S/C18H27NO2S/c1-14-6-8-19(9-7-14)18(20)13-22-11-10-21-17-12-15(2)4-5-16(17)3/h4-5,12,14H,6-11,13H2,1-3H3. The second kappa shape index (κ2) is 8.47. The summed E-state index contributed by atoms with van der Waals surface area (Å²) in [5.74, 6) is 3.43.